The molecule has 0 radical (unpaired) electrons. The molecule has 7 rings (SSSR count). The molecule has 0 aliphatic heterocycles. The fourth-order valence-corrected chi connectivity index (χ4v) is 6.02. The zero-order valence-corrected chi connectivity index (χ0v) is 17.9. The molecule has 0 aromatic carbocycles. The second-order valence-corrected chi connectivity index (χ2v) is 9.74. The highest BCUT2D eigenvalue weighted by Gasteiger charge is 2.60. The van der Waals surface area contributed by atoms with E-state index in [9.17, 15) is 23.1 Å². The highest BCUT2D eigenvalue weighted by atomic mass is 19.3. The molecule has 3 atom stereocenters. The first kappa shape index (κ1) is 21.4. The molecule has 3 aromatic rings. The maximum atomic E-state index is 15.5. The van der Waals surface area contributed by atoms with Crippen molar-refractivity contribution in [2.24, 2.45) is 23.7 Å². The fourth-order valence-electron chi connectivity index (χ4n) is 6.02. The standard InChI is InChI=1S/C23H21F4N5O2/c24-11-5-13-18(31-32-20(13)28-8-11)21-29-15(17(25)19(30-21)14-7-23(14,26)27)6-12-9-1-3-10(4-2-9)16(12)22(33)34/h5,8-10,12,14,16H,1-4,6-7H2,(H,33,34)(H,28,31,32). The molecule has 0 saturated heterocycles. The van der Waals surface area contributed by atoms with Crippen LogP contribution < -0.4 is 0 Å². The highest BCUT2D eigenvalue weighted by Crippen LogP contribution is 2.56. The monoisotopic (exact) mass is 475 g/mol. The van der Waals surface area contributed by atoms with E-state index in [1.54, 1.807) is 0 Å². The Kier molecular flexibility index (Phi) is 4.69. The maximum Gasteiger partial charge on any atom is 0.307 e. The van der Waals surface area contributed by atoms with Crippen molar-refractivity contribution in [2.75, 3.05) is 0 Å². The van der Waals surface area contributed by atoms with Crippen molar-refractivity contribution in [1.29, 1.82) is 0 Å². The summed E-state index contributed by atoms with van der Waals surface area (Å²) in [6, 6.07) is 1.17. The molecule has 4 saturated carbocycles. The van der Waals surface area contributed by atoms with Gasteiger partial charge in [-0.2, -0.15) is 5.10 Å². The minimum Gasteiger partial charge on any atom is -0.481 e. The summed E-state index contributed by atoms with van der Waals surface area (Å²) in [4.78, 5) is 24.4. The number of carboxylic acids is 1. The van der Waals surface area contributed by atoms with Crippen molar-refractivity contribution >= 4 is 17.0 Å². The summed E-state index contributed by atoms with van der Waals surface area (Å²) in [5.74, 6) is -7.82. The molecule has 3 aromatic heterocycles. The molecular weight excluding hydrogens is 454 g/mol. The first-order valence-corrected chi connectivity index (χ1v) is 11.4. The van der Waals surface area contributed by atoms with Crippen LogP contribution in [0, 0.1) is 35.3 Å². The molecule has 11 heteroatoms. The number of nitrogens with one attached hydrogen (secondary N) is 1. The Bertz CT molecular complexity index is 1300. The smallest absolute Gasteiger partial charge is 0.307 e. The zero-order chi connectivity index (χ0) is 23.8. The van der Waals surface area contributed by atoms with Crippen LogP contribution in [-0.4, -0.2) is 42.1 Å². The van der Waals surface area contributed by atoms with E-state index in [-0.39, 0.29) is 52.4 Å². The van der Waals surface area contributed by atoms with Gasteiger partial charge in [-0.15, -0.1) is 0 Å². The topological polar surface area (TPSA) is 105 Å². The lowest BCUT2D eigenvalue weighted by atomic mass is 9.57. The van der Waals surface area contributed by atoms with Gasteiger partial charge >= 0.3 is 5.97 Å². The number of rotatable bonds is 5. The van der Waals surface area contributed by atoms with Crippen LogP contribution in [0.4, 0.5) is 17.6 Å². The van der Waals surface area contributed by atoms with Crippen LogP contribution in [0.2, 0.25) is 0 Å². The van der Waals surface area contributed by atoms with E-state index in [2.05, 4.69) is 25.1 Å². The Morgan fingerprint density at radius 3 is 2.53 bits per heavy atom. The largest absolute Gasteiger partial charge is 0.481 e. The second kappa shape index (κ2) is 7.44. The minimum absolute atomic E-state index is 0.0173. The SMILES string of the molecule is O=C(O)C1C2CCC(CC2)C1Cc1nc(-c2[nH]nc3ncc(F)cc23)nc(C2CC2(F)F)c1F. The van der Waals surface area contributed by atoms with E-state index >= 15 is 4.39 Å². The number of alkyl halides is 2. The number of halogens is 4. The summed E-state index contributed by atoms with van der Waals surface area (Å²) in [7, 11) is 0. The van der Waals surface area contributed by atoms with E-state index in [4.69, 9.17) is 0 Å². The van der Waals surface area contributed by atoms with Crippen molar-refractivity contribution < 1.29 is 27.5 Å². The van der Waals surface area contributed by atoms with Crippen LogP contribution in [0.15, 0.2) is 12.3 Å². The number of hydrogen-bond donors (Lipinski definition) is 2. The Balaban J connectivity index is 1.46. The number of fused-ring (bicyclic) bond motifs is 4. The number of carboxylic acid groups (broad SMARTS) is 1. The first-order chi connectivity index (χ1) is 16.2. The van der Waals surface area contributed by atoms with E-state index in [0.29, 0.717) is 0 Å². The maximum absolute atomic E-state index is 15.5. The Morgan fingerprint density at radius 2 is 1.85 bits per heavy atom. The van der Waals surface area contributed by atoms with Gasteiger partial charge in [0.15, 0.2) is 17.3 Å². The van der Waals surface area contributed by atoms with Crippen LogP contribution in [0.25, 0.3) is 22.6 Å². The number of nitrogens with zero attached hydrogens (tertiary/aromatic N) is 4. The lowest BCUT2D eigenvalue weighted by molar-refractivity contribution is -0.152. The fraction of sp³-hybridized carbons (Fsp3) is 0.522. The number of aromatic nitrogens is 5. The Labute approximate surface area is 191 Å². The van der Waals surface area contributed by atoms with Gasteiger partial charge in [-0.25, -0.2) is 32.5 Å². The average Bonchev–Trinajstić information content (AvgIpc) is 3.24. The molecular formula is C23H21F4N5O2. The number of carbonyl (C=O) groups is 1. The summed E-state index contributed by atoms with van der Waals surface area (Å²) >= 11 is 0. The third-order valence-electron chi connectivity index (χ3n) is 7.81. The summed E-state index contributed by atoms with van der Waals surface area (Å²) in [6.07, 6.45) is 3.87. The predicted molar refractivity (Wildman–Crippen MR) is 111 cm³/mol. The summed E-state index contributed by atoms with van der Waals surface area (Å²) in [6.45, 7) is 0. The molecule has 3 heterocycles. The van der Waals surface area contributed by atoms with E-state index < -0.39 is 47.5 Å². The van der Waals surface area contributed by atoms with Crippen molar-refractivity contribution in [3.05, 3.63) is 35.3 Å². The number of H-pyrrole nitrogens is 1. The van der Waals surface area contributed by atoms with Crippen LogP contribution in [-0.2, 0) is 11.2 Å². The van der Waals surface area contributed by atoms with E-state index in [1.807, 2.05) is 0 Å². The highest BCUT2D eigenvalue weighted by molar-refractivity contribution is 5.88. The minimum atomic E-state index is -3.07. The summed E-state index contributed by atoms with van der Waals surface area (Å²) in [5.41, 5.74) is -0.156. The van der Waals surface area contributed by atoms with Gasteiger partial charge in [0.2, 0.25) is 0 Å². The number of aromatic amines is 1. The molecule has 3 unspecified atom stereocenters. The van der Waals surface area contributed by atoms with Gasteiger partial charge in [-0.05, 0) is 55.9 Å². The molecule has 34 heavy (non-hydrogen) atoms. The summed E-state index contributed by atoms with van der Waals surface area (Å²) < 4.78 is 57.2. The van der Waals surface area contributed by atoms with Crippen LogP contribution in [0.1, 0.15) is 49.4 Å². The second-order valence-electron chi connectivity index (χ2n) is 9.74. The van der Waals surface area contributed by atoms with Crippen molar-refractivity contribution in [3.63, 3.8) is 0 Å². The molecule has 4 fully saturated rings. The summed E-state index contributed by atoms with van der Waals surface area (Å²) in [5, 5.41) is 16.8. The quantitative estimate of drug-likeness (QED) is 0.527. The molecule has 0 spiro atoms. The van der Waals surface area contributed by atoms with Gasteiger partial charge in [0.25, 0.3) is 5.92 Å². The Hall–Kier alpha value is -3.11. The van der Waals surface area contributed by atoms with Gasteiger partial charge in [0.1, 0.15) is 11.5 Å². The van der Waals surface area contributed by atoms with Gasteiger partial charge in [0, 0.05) is 6.42 Å². The third kappa shape index (κ3) is 3.35. The van der Waals surface area contributed by atoms with Gasteiger partial charge in [-0.3, -0.25) is 9.89 Å². The number of pyridine rings is 1. The molecule has 178 valence electrons. The van der Waals surface area contributed by atoms with Gasteiger partial charge in [0.05, 0.1) is 34.8 Å². The van der Waals surface area contributed by atoms with Gasteiger partial charge in [-0.1, -0.05) is 0 Å². The van der Waals surface area contributed by atoms with Gasteiger partial charge < -0.3 is 5.11 Å². The molecule has 2 bridgehead atoms. The predicted octanol–water partition coefficient (Wildman–Crippen LogP) is 4.50. The van der Waals surface area contributed by atoms with E-state index in [1.165, 1.54) is 6.07 Å². The zero-order valence-electron chi connectivity index (χ0n) is 17.9. The van der Waals surface area contributed by atoms with Crippen LogP contribution in [0.3, 0.4) is 0 Å². The molecule has 7 nitrogen and oxygen atoms in total. The lowest BCUT2D eigenvalue weighted by Gasteiger charge is -2.46. The normalized spacial score (nSPS) is 29.5. The Morgan fingerprint density at radius 1 is 1.15 bits per heavy atom. The average molecular weight is 475 g/mol. The molecule has 2 N–H and O–H groups in total. The van der Waals surface area contributed by atoms with Crippen LogP contribution >= 0.6 is 0 Å². The molecule has 0 amide bonds. The number of hydrogen-bond acceptors (Lipinski definition) is 5. The van der Waals surface area contributed by atoms with E-state index in [0.717, 1.165) is 31.9 Å². The molecule has 4 aliphatic carbocycles. The third-order valence-corrected chi connectivity index (χ3v) is 7.81. The van der Waals surface area contributed by atoms with Crippen LogP contribution in [0.5, 0.6) is 0 Å². The lowest BCUT2D eigenvalue weighted by Crippen LogP contribution is -2.45. The van der Waals surface area contributed by atoms with Crippen molar-refractivity contribution in [3.8, 4) is 11.5 Å². The molecule has 4 aliphatic rings. The van der Waals surface area contributed by atoms with Crippen molar-refractivity contribution in [2.45, 2.75) is 50.4 Å². The van der Waals surface area contributed by atoms with Crippen molar-refractivity contribution in [1.82, 2.24) is 25.1 Å². The number of aliphatic carboxylic acids is 1. The first-order valence-electron chi connectivity index (χ1n) is 11.4.